The standard InChI is InChI=1S/C39H51NO9Si/c1-10-28(2)23-24-45-38(43)48-33-25-31(21-22-32(33)46-26-29-17-13-11-14-18-29)35(49-50(8,9)39(3,4)5)34(36(41)44-7)40(6)37(42)47-27-30-19-15-12-16-20-30/h11-23,25,34-35H,10,24,26-27H2,1-9H3/b28-23-/t34-,35+/m0/s1. The van der Waals surface area contributed by atoms with Crippen LogP contribution in [0.2, 0.25) is 18.1 Å². The van der Waals surface area contributed by atoms with Crippen LogP contribution in [0.25, 0.3) is 0 Å². The Hall–Kier alpha value is -4.61. The molecule has 0 unspecified atom stereocenters. The summed E-state index contributed by atoms with van der Waals surface area (Å²) in [6.45, 7) is 14.5. The van der Waals surface area contributed by atoms with E-state index in [-0.39, 0.29) is 36.4 Å². The molecule has 2 atom stereocenters. The molecule has 1 amide bonds. The number of esters is 1. The fourth-order valence-electron chi connectivity index (χ4n) is 4.50. The van der Waals surface area contributed by atoms with Crippen molar-refractivity contribution in [1.29, 1.82) is 0 Å². The highest BCUT2D eigenvalue weighted by Gasteiger charge is 2.45. The van der Waals surface area contributed by atoms with Gasteiger partial charge < -0.3 is 28.1 Å². The second-order valence-electron chi connectivity index (χ2n) is 13.5. The summed E-state index contributed by atoms with van der Waals surface area (Å²) in [5.41, 5.74) is 3.21. The summed E-state index contributed by atoms with van der Waals surface area (Å²) >= 11 is 0. The zero-order valence-corrected chi connectivity index (χ0v) is 31.7. The number of allylic oxidation sites excluding steroid dienone is 1. The van der Waals surface area contributed by atoms with Gasteiger partial charge in [0.25, 0.3) is 0 Å². The minimum atomic E-state index is -2.64. The molecule has 270 valence electrons. The highest BCUT2D eigenvalue weighted by atomic mass is 28.4. The first-order valence-corrected chi connectivity index (χ1v) is 19.6. The average molecular weight is 706 g/mol. The van der Waals surface area contributed by atoms with Gasteiger partial charge in [-0.3, -0.25) is 4.90 Å². The number of hydrogen-bond acceptors (Lipinski definition) is 9. The van der Waals surface area contributed by atoms with Gasteiger partial charge >= 0.3 is 18.2 Å². The summed E-state index contributed by atoms with van der Waals surface area (Å²) < 4.78 is 34.9. The van der Waals surface area contributed by atoms with Crippen LogP contribution >= 0.6 is 0 Å². The molecule has 0 aliphatic carbocycles. The van der Waals surface area contributed by atoms with Crippen LogP contribution in [-0.4, -0.2) is 58.2 Å². The number of rotatable bonds is 15. The highest BCUT2D eigenvalue weighted by Crippen LogP contribution is 2.43. The third-order valence-electron chi connectivity index (χ3n) is 8.79. The Morgan fingerprint density at radius 1 is 0.860 bits per heavy atom. The van der Waals surface area contributed by atoms with Gasteiger partial charge in [0, 0.05) is 7.05 Å². The van der Waals surface area contributed by atoms with Crippen molar-refractivity contribution in [1.82, 2.24) is 4.90 Å². The van der Waals surface area contributed by atoms with Gasteiger partial charge in [0.05, 0.1) is 7.11 Å². The molecule has 3 aromatic carbocycles. The quantitative estimate of drug-likeness (QED) is 0.0503. The van der Waals surface area contributed by atoms with Crippen LogP contribution < -0.4 is 9.47 Å². The lowest BCUT2D eigenvalue weighted by molar-refractivity contribution is -0.150. The third-order valence-corrected chi connectivity index (χ3v) is 13.2. The number of nitrogens with zero attached hydrogens (tertiary/aromatic N) is 1. The molecular formula is C39H51NO9Si. The molecule has 3 rings (SSSR count). The van der Waals surface area contributed by atoms with Crippen LogP contribution in [0.3, 0.4) is 0 Å². The van der Waals surface area contributed by atoms with Crippen LogP contribution in [0.5, 0.6) is 11.5 Å². The van der Waals surface area contributed by atoms with Gasteiger partial charge in [0.2, 0.25) is 0 Å². The second-order valence-corrected chi connectivity index (χ2v) is 18.2. The Bertz CT molecular complexity index is 1590. The number of amides is 1. The molecule has 0 bridgehead atoms. The van der Waals surface area contributed by atoms with Gasteiger partial charge in [0.1, 0.15) is 25.9 Å². The smallest absolute Gasteiger partial charge is 0.485 e. The number of benzene rings is 3. The number of carbonyl (C=O) groups excluding carboxylic acids is 3. The van der Waals surface area contributed by atoms with E-state index in [0.29, 0.717) is 5.56 Å². The maximum absolute atomic E-state index is 13.6. The molecule has 50 heavy (non-hydrogen) atoms. The van der Waals surface area contributed by atoms with Crippen LogP contribution in [0.15, 0.2) is 90.5 Å². The van der Waals surface area contributed by atoms with Gasteiger partial charge in [-0.1, -0.05) is 100.0 Å². The molecule has 0 fully saturated rings. The van der Waals surface area contributed by atoms with Gasteiger partial charge in [-0.2, -0.15) is 0 Å². The summed E-state index contributed by atoms with van der Waals surface area (Å²) in [5, 5.41) is -0.273. The molecule has 0 heterocycles. The van der Waals surface area contributed by atoms with Gasteiger partial charge in [0.15, 0.2) is 25.9 Å². The van der Waals surface area contributed by atoms with E-state index < -0.39 is 38.7 Å². The monoisotopic (exact) mass is 705 g/mol. The average Bonchev–Trinajstić information content (AvgIpc) is 3.09. The minimum Gasteiger partial charge on any atom is -0.485 e. The molecule has 0 aliphatic heterocycles. The number of ether oxygens (including phenoxy) is 5. The van der Waals surface area contributed by atoms with E-state index in [1.54, 1.807) is 24.3 Å². The Kier molecular flexibility index (Phi) is 14.7. The van der Waals surface area contributed by atoms with Crippen LogP contribution in [0.4, 0.5) is 9.59 Å². The lowest BCUT2D eigenvalue weighted by atomic mass is 10.0. The highest BCUT2D eigenvalue weighted by molar-refractivity contribution is 6.74. The van der Waals surface area contributed by atoms with Crippen molar-refractivity contribution in [2.45, 2.75) is 84.5 Å². The third kappa shape index (κ3) is 11.5. The summed E-state index contributed by atoms with van der Waals surface area (Å²) in [5.74, 6) is -0.384. The molecule has 3 aromatic rings. The van der Waals surface area contributed by atoms with Crippen molar-refractivity contribution in [3.05, 3.63) is 107 Å². The molecule has 0 spiro atoms. The summed E-state index contributed by atoms with van der Waals surface area (Å²) in [4.78, 5) is 41.2. The first kappa shape index (κ1) is 39.8. The Labute approximate surface area is 297 Å². The van der Waals surface area contributed by atoms with E-state index in [0.717, 1.165) is 23.1 Å². The Balaban J connectivity index is 2.07. The number of hydrogen-bond donors (Lipinski definition) is 0. The second kappa shape index (κ2) is 18.4. The molecule has 0 aliphatic rings. The van der Waals surface area contributed by atoms with Gasteiger partial charge in [-0.25, -0.2) is 14.4 Å². The van der Waals surface area contributed by atoms with Crippen LogP contribution in [0.1, 0.15) is 63.8 Å². The predicted octanol–water partition coefficient (Wildman–Crippen LogP) is 9.01. The van der Waals surface area contributed by atoms with E-state index in [1.807, 2.05) is 87.6 Å². The van der Waals surface area contributed by atoms with Crippen LogP contribution in [0, 0.1) is 0 Å². The molecule has 0 saturated heterocycles. The minimum absolute atomic E-state index is 0.00613. The van der Waals surface area contributed by atoms with Crippen molar-refractivity contribution < 1.29 is 42.5 Å². The van der Waals surface area contributed by atoms with E-state index in [2.05, 4.69) is 20.8 Å². The Morgan fingerprint density at radius 3 is 2.02 bits per heavy atom. The maximum atomic E-state index is 13.6. The van der Waals surface area contributed by atoms with Crippen molar-refractivity contribution in [3.8, 4) is 11.5 Å². The zero-order chi connectivity index (χ0) is 36.9. The lowest BCUT2D eigenvalue weighted by Crippen LogP contribution is -2.52. The van der Waals surface area contributed by atoms with Crippen molar-refractivity contribution in [2.24, 2.45) is 0 Å². The van der Waals surface area contributed by atoms with Crippen molar-refractivity contribution in [2.75, 3.05) is 20.8 Å². The largest absolute Gasteiger partial charge is 0.514 e. The van der Waals surface area contributed by atoms with E-state index >= 15 is 0 Å². The van der Waals surface area contributed by atoms with Crippen molar-refractivity contribution in [3.63, 3.8) is 0 Å². The zero-order valence-electron chi connectivity index (χ0n) is 30.7. The molecule has 0 N–H and O–H groups in total. The number of carbonyl (C=O) groups is 3. The first-order chi connectivity index (χ1) is 23.7. The predicted molar refractivity (Wildman–Crippen MR) is 194 cm³/mol. The molecule has 11 heteroatoms. The van der Waals surface area contributed by atoms with E-state index in [1.165, 1.54) is 19.1 Å². The summed E-state index contributed by atoms with van der Waals surface area (Å²) in [6, 6.07) is 22.5. The van der Waals surface area contributed by atoms with E-state index in [4.69, 9.17) is 28.1 Å². The number of likely N-dealkylation sites (N-methyl/N-ethyl adjacent to an activating group) is 1. The van der Waals surface area contributed by atoms with Crippen LogP contribution in [-0.2, 0) is 36.6 Å². The molecule has 0 aromatic heterocycles. The molecule has 0 saturated carbocycles. The topological polar surface area (TPSA) is 110 Å². The first-order valence-electron chi connectivity index (χ1n) is 16.7. The fourth-order valence-corrected chi connectivity index (χ4v) is 5.75. The molecule has 0 radical (unpaired) electrons. The normalized spacial score (nSPS) is 13.1. The number of methoxy groups -OCH3 is 1. The molecular weight excluding hydrogens is 655 g/mol. The summed E-state index contributed by atoms with van der Waals surface area (Å²) in [6.07, 6.45) is -0.0924. The SMILES string of the molecule is CC/C(C)=C\COC(=O)Oc1cc([C@@H](O[Si](C)(C)C(C)(C)C)[C@@H](C(=O)OC)N(C)C(=O)OCc2ccccc2)ccc1OCc1ccccc1. The molecule has 10 nitrogen and oxygen atoms in total. The van der Waals surface area contributed by atoms with Crippen molar-refractivity contribution >= 4 is 26.5 Å². The summed E-state index contributed by atoms with van der Waals surface area (Å²) in [7, 11) is 0.0837. The van der Waals surface area contributed by atoms with E-state index in [9.17, 15) is 14.4 Å². The lowest BCUT2D eigenvalue weighted by Gasteiger charge is -2.42. The van der Waals surface area contributed by atoms with Gasteiger partial charge in [-0.15, -0.1) is 0 Å². The maximum Gasteiger partial charge on any atom is 0.514 e. The fraction of sp³-hybridized carbons (Fsp3) is 0.410. The Morgan fingerprint density at radius 2 is 1.46 bits per heavy atom. The van der Waals surface area contributed by atoms with Gasteiger partial charge in [-0.05, 0) is 66.4 Å².